The minimum Gasteiger partial charge on any atom is -0.337 e. The fraction of sp³-hybridized carbons (Fsp3) is 0.500. The Hall–Kier alpha value is -0.880. The van der Waals surface area contributed by atoms with Gasteiger partial charge in [0.15, 0.2) is 0 Å². The molecule has 1 heterocycles. The summed E-state index contributed by atoms with van der Waals surface area (Å²) in [5.41, 5.74) is 0. The maximum atomic E-state index is 10.9. The Labute approximate surface area is 71.3 Å². The molecule has 1 unspecified atom stereocenters. The lowest BCUT2D eigenvalue weighted by molar-refractivity contribution is 0.582. The molecule has 0 fully saturated rings. The van der Waals surface area contributed by atoms with Crippen LogP contribution in [0, 0.1) is 0 Å². The van der Waals surface area contributed by atoms with Gasteiger partial charge in [-0.05, 0) is 6.92 Å². The molecule has 1 aromatic heterocycles. The van der Waals surface area contributed by atoms with Gasteiger partial charge in [-0.3, -0.25) is 0 Å². The third-order valence-electron chi connectivity index (χ3n) is 1.71. The molecule has 0 bridgehead atoms. The highest BCUT2D eigenvalue weighted by atomic mass is 32.2. The molecule has 0 radical (unpaired) electrons. The lowest BCUT2D eigenvalue weighted by Crippen LogP contribution is -2.21. The predicted molar refractivity (Wildman–Crippen MR) is 44.7 cm³/mol. The predicted octanol–water partition coefficient (Wildman–Crippen LogP) is -0.230. The maximum Gasteiger partial charge on any atom is 0.218 e. The van der Waals surface area contributed by atoms with Crippen LogP contribution >= 0.6 is 0 Å². The van der Waals surface area contributed by atoms with Crippen LogP contribution in [0.2, 0.25) is 0 Å². The van der Waals surface area contributed by atoms with Crippen molar-refractivity contribution in [3.05, 3.63) is 18.2 Å². The maximum absolute atomic E-state index is 10.9. The van der Waals surface area contributed by atoms with E-state index in [1.54, 1.807) is 17.8 Å². The molecule has 12 heavy (non-hydrogen) atoms. The molecular formula is C6H11N3O2S. The summed E-state index contributed by atoms with van der Waals surface area (Å²) in [7, 11) is -1.81. The van der Waals surface area contributed by atoms with E-state index in [1.165, 1.54) is 13.1 Å². The second-order valence-electron chi connectivity index (χ2n) is 2.63. The molecule has 0 amide bonds. The van der Waals surface area contributed by atoms with E-state index in [1.807, 2.05) is 0 Å². The first kappa shape index (κ1) is 9.21. The number of hydrogen-bond donors (Lipinski definition) is 1. The van der Waals surface area contributed by atoms with E-state index >= 15 is 0 Å². The molecule has 0 saturated carbocycles. The average molecular weight is 189 g/mol. The van der Waals surface area contributed by atoms with Gasteiger partial charge >= 0.3 is 0 Å². The van der Waals surface area contributed by atoms with E-state index in [0.717, 1.165) is 0 Å². The van der Waals surface area contributed by atoms with Gasteiger partial charge in [-0.25, -0.2) is 18.5 Å². The second kappa shape index (κ2) is 2.87. The first-order chi connectivity index (χ1) is 5.43. The molecule has 0 aliphatic heterocycles. The number of primary sulfonamides is 1. The van der Waals surface area contributed by atoms with E-state index in [-0.39, 0.29) is 0 Å². The summed E-state index contributed by atoms with van der Waals surface area (Å²) in [6.07, 6.45) is 3.22. The Kier molecular flexibility index (Phi) is 2.20. The molecule has 6 heteroatoms. The van der Waals surface area contributed by atoms with Crippen LogP contribution in [0.3, 0.4) is 0 Å². The van der Waals surface area contributed by atoms with E-state index in [2.05, 4.69) is 4.98 Å². The van der Waals surface area contributed by atoms with Gasteiger partial charge in [-0.1, -0.05) is 0 Å². The van der Waals surface area contributed by atoms with Crippen LogP contribution in [0.4, 0.5) is 0 Å². The Balaban J connectivity index is 3.09. The van der Waals surface area contributed by atoms with Gasteiger partial charge in [0.2, 0.25) is 10.0 Å². The molecule has 2 N–H and O–H groups in total. The number of aromatic nitrogens is 2. The second-order valence-corrected chi connectivity index (χ2v) is 4.51. The molecule has 5 nitrogen and oxygen atoms in total. The summed E-state index contributed by atoms with van der Waals surface area (Å²) in [5.74, 6) is 0.456. The molecular weight excluding hydrogens is 178 g/mol. The highest BCUT2D eigenvalue weighted by molar-refractivity contribution is 7.89. The van der Waals surface area contributed by atoms with E-state index in [9.17, 15) is 8.42 Å². The number of rotatable bonds is 2. The number of nitrogens with zero attached hydrogens (tertiary/aromatic N) is 2. The first-order valence-corrected chi connectivity index (χ1v) is 5.02. The van der Waals surface area contributed by atoms with Gasteiger partial charge in [0, 0.05) is 19.4 Å². The van der Waals surface area contributed by atoms with Crippen molar-refractivity contribution in [3.63, 3.8) is 0 Å². The third-order valence-corrected chi connectivity index (χ3v) is 2.91. The van der Waals surface area contributed by atoms with E-state index < -0.39 is 15.3 Å². The van der Waals surface area contributed by atoms with Crippen molar-refractivity contribution in [2.45, 2.75) is 12.2 Å². The monoisotopic (exact) mass is 189 g/mol. The Morgan fingerprint density at radius 3 is 2.58 bits per heavy atom. The van der Waals surface area contributed by atoms with Crippen molar-refractivity contribution in [1.82, 2.24) is 9.55 Å². The zero-order valence-electron chi connectivity index (χ0n) is 6.93. The highest BCUT2D eigenvalue weighted by Crippen LogP contribution is 2.15. The third kappa shape index (κ3) is 1.64. The Bertz CT molecular complexity index is 368. The van der Waals surface area contributed by atoms with E-state index in [0.29, 0.717) is 5.82 Å². The van der Waals surface area contributed by atoms with Crippen LogP contribution < -0.4 is 5.14 Å². The van der Waals surface area contributed by atoms with Crippen LogP contribution in [0.15, 0.2) is 12.4 Å². The average Bonchev–Trinajstić information content (AvgIpc) is 2.31. The molecule has 0 aromatic carbocycles. The molecule has 0 aliphatic rings. The molecule has 68 valence electrons. The van der Waals surface area contributed by atoms with Gasteiger partial charge in [0.25, 0.3) is 0 Å². The number of nitrogens with two attached hydrogens (primary N) is 1. The summed E-state index contributed by atoms with van der Waals surface area (Å²) in [4.78, 5) is 3.89. The quantitative estimate of drug-likeness (QED) is 0.698. The first-order valence-electron chi connectivity index (χ1n) is 3.41. The molecule has 0 saturated heterocycles. The Morgan fingerprint density at radius 1 is 1.67 bits per heavy atom. The van der Waals surface area contributed by atoms with Gasteiger partial charge in [-0.2, -0.15) is 0 Å². The lowest BCUT2D eigenvalue weighted by Gasteiger charge is -2.07. The van der Waals surface area contributed by atoms with Crippen molar-refractivity contribution < 1.29 is 8.42 Å². The molecule has 1 atom stereocenters. The molecule has 1 rings (SSSR count). The largest absolute Gasteiger partial charge is 0.337 e. The lowest BCUT2D eigenvalue weighted by atomic mass is 10.4. The summed E-state index contributed by atoms with van der Waals surface area (Å²) < 4.78 is 23.4. The van der Waals surface area contributed by atoms with Crippen molar-refractivity contribution in [2.24, 2.45) is 12.2 Å². The minimum atomic E-state index is -3.53. The number of aryl methyl sites for hydroxylation is 1. The van der Waals surface area contributed by atoms with Crippen LogP contribution in [0.5, 0.6) is 0 Å². The molecule has 0 aliphatic carbocycles. The summed E-state index contributed by atoms with van der Waals surface area (Å²) in [6.45, 7) is 1.51. The fourth-order valence-electron chi connectivity index (χ4n) is 0.916. The van der Waals surface area contributed by atoms with Gasteiger partial charge < -0.3 is 4.57 Å². The zero-order chi connectivity index (χ0) is 9.35. The van der Waals surface area contributed by atoms with Crippen molar-refractivity contribution >= 4 is 10.0 Å². The fourth-order valence-corrected chi connectivity index (χ4v) is 1.44. The summed E-state index contributed by atoms with van der Waals surface area (Å²) in [6, 6.07) is 0. The van der Waals surface area contributed by atoms with Gasteiger partial charge in [0.1, 0.15) is 11.1 Å². The van der Waals surface area contributed by atoms with Crippen LogP contribution in [0.25, 0.3) is 0 Å². The van der Waals surface area contributed by atoms with E-state index in [4.69, 9.17) is 5.14 Å². The zero-order valence-corrected chi connectivity index (χ0v) is 7.75. The minimum absolute atomic E-state index is 0.456. The van der Waals surface area contributed by atoms with Crippen molar-refractivity contribution in [2.75, 3.05) is 0 Å². The van der Waals surface area contributed by atoms with Crippen molar-refractivity contribution in [3.8, 4) is 0 Å². The van der Waals surface area contributed by atoms with Crippen LogP contribution in [-0.4, -0.2) is 18.0 Å². The standard InChI is InChI=1S/C6H11N3O2S/c1-5(12(7,10)11)6-8-3-4-9(6)2/h3-5H,1-2H3,(H2,7,10,11). The smallest absolute Gasteiger partial charge is 0.218 e. The van der Waals surface area contributed by atoms with Gasteiger partial charge in [0.05, 0.1) is 0 Å². The number of hydrogen-bond acceptors (Lipinski definition) is 3. The normalized spacial score (nSPS) is 14.6. The molecule has 1 aromatic rings. The topological polar surface area (TPSA) is 78.0 Å². The summed E-state index contributed by atoms with van der Waals surface area (Å²) >= 11 is 0. The van der Waals surface area contributed by atoms with Crippen LogP contribution in [-0.2, 0) is 17.1 Å². The number of imidazole rings is 1. The van der Waals surface area contributed by atoms with Crippen molar-refractivity contribution in [1.29, 1.82) is 0 Å². The molecule has 0 spiro atoms. The SMILES string of the molecule is CC(c1nccn1C)S(N)(=O)=O. The summed E-state index contributed by atoms with van der Waals surface area (Å²) in [5, 5.41) is 4.21. The van der Waals surface area contributed by atoms with Gasteiger partial charge in [-0.15, -0.1) is 0 Å². The Morgan fingerprint density at radius 2 is 2.25 bits per heavy atom. The number of sulfonamides is 1. The highest BCUT2D eigenvalue weighted by Gasteiger charge is 2.21. The van der Waals surface area contributed by atoms with Crippen LogP contribution in [0.1, 0.15) is 18.0 Å².